The molecule has 0 aliphatic carbocycles. The van der Waals surface area contributed by atoms with Gasteiger partial charge in [0.05, 0.1) is 5.69 Å². The predicted octanol–water partition coefficient (Wildman–Crippen LogP) is 4.65. The monoisotopic (exact) mass is 318 g/mol. The molecule has 1 aromatic carbocycles. The molecule has 2 aromatic rings. The van der Waals surface area contributed by atoms with E-state index in [1.807, 2.05) is 18.3 Å². The molecule has 0 spiro atoms. The summed E-state index contributed by atoms with van der Waals surface area (Å²) in [6, 6.07) is 15.1. The molecular weight excluding hydrogens is 300 g/mol. The molecule has 19 heavy (non-hydrogen) atoms. The molecule has 0 radical (unpaired) electrons. The molecule has 3 heteroatoms. The Morgan fingerprint density at radius 1 is 1.21 bits per heavy atom. The van der Waals surface area contributed by atoms with Crippen molar-refractivity contribution in [1.29, 1.82) is 0 Å². The Bertz CT molecular complexity index is 513. The zero-order chi connectivity index (χ0) is 13.7. The Hall–Kier alpha value is -1.19. The average Bonchev–Trinajstić information content (AvgIpc) is 2.45. The molecule has 0 fully saturated rings. The first-order valence-electron chi connectivity index (χ1n) is 6.63. The maximum atomic E-state index is 4.41. The lowest BCUT2D eigenvalue weighted by Gasteiger charge is -2.22. The first-order valence-corrected chi connectivity index (χ1v) is 7.42. The Labute approximate surface area is 123 Å². The molecule has 0 aliphatic rings. The molecule has 0 bridgehead atoms. The Morgan fingerprint density at radius 3 is 2.68 bits per heavy atom. The van der Waals surface area contributed by atoms with Gasteiger partial charge < -0.3 is 5.32 Å². The molecule has 0 saturated heterocycles. The van der Waals surface area contributed by atoms with Gasteiger partial charge in [0.2, 0.25) is 0 Å². The van der Waals surface area contributed by atoms with Crippen molar-refractivity contribution in [2.24, 2.45) is 0 Å². The van der Waals surface area contributed by atoms with Gasteiger partial charge in [-0.3, -0.25) is 4.98 Å². The predicted molar refractivity (Wildman–Crippen MR) is 83.0 cm³/mol. The van der Waals surface area contributed by atoms with Crippen LogP contribution in [0.5, 0.6) is 0 Å². The maximum absolute atomic E-state index is 4.41. The minimum atomic E-state index is 0.241. The van der Waals surface area contributed by atoms with E-state index in [2.05, 4.69) is 70.4 Å². The second-order valence-corrected chi connectivity index (χ2v) is 5.57. The van der Waals surface area contributed by atoms with Crippen LogP contribution in [0.4, 0.5) is 0 Å². The summed E-state index contributed by atoms with van der Waals surface area (Å²) >= 11 is 3.53. The van der Waals surface area contributed by atoms with Crippen LogP contribution >= 0.6 is 15.9 Å². The third-order valence-electron chi connectivity index (χ3n) is 3.24. The fraction of sp³-hybridized carbons (Fsp3) is 0.312. The first kappa shape index (κ1) is 14.2. The van der Waals surface area contributed by atoms with Crippen LogP contribution in [0.2, 0.25) is 0 Å². The molecule has 2 rings (SSSR count). The van der Waals surface area contributed by atoms with E-state index >= 15 is 0 Å². The highest BCUT2D eigenvalue weighted by Gasteiger charge is 2.14. The minimum absolute atomic E-state index is 0.241. The van der Waals surface area contributed by atoms with Gasteiger partial charge in [-0.1, -0.05) is 41.1 Å². The van der Waals surface area contributed by atoms with E-state index in [0.717, 1.165) is 16.6 Å². The third kappa shape index (κ3) is 3.88. The van der Waals surface area contributed by atoms with Crippen molar-refractivity contribution in [3.05, 3.63) is 64.4 Å². The Balaban J connectivity index is 2.11. The van der Waals surface area contributed by atoms with Crippen molar-refractivity contribution >= 4 is 15.9 Å². The molecule has 1 N–H and O–H groups in total. The second-order valence-electron chi connectivity index (χ2n) is 4.66. The molecule has 0 aliphatic heterocycles. The average molecular weight is 319 g/mol. The summed E-state index contributed by atoms with van der Waals surface area (Å²) in [6.45, 7) is 4.35. The number of pyridine rings is 1. The molecule has 1 heterocycles. The Kier molecular flexibility index (Phi) is 5.11. The smallest absolute Gasteiger partial charge is 0.0570 e. The zero-order valence-electron chi connectivity index (χ0n) is 11.3. The van der Waals surface area contributed by atoms with E-state index in [1.165, 1.54) is 5.56 Å². The van der Waals surface area contributed by atoms with Gasteiger partial charge in [0.1, 0.15) is 0 Å². The number of benzene rings is 1. The van der Waals surface area contributed by atoms with Crippen LogP contribution in [0.25, 0.3) is 0 Å². The van der Waals surface area contributed by atoms with Crippen LogP contribution in [0, 0.1) is 0 Å². The summed E-state index contributed by atoms with van der Waals surface area (Å²) < 4.78 is 1.12. The highest BCUT2D eigenvalue weighted by molar-refractivity contribution is 9.10. The van der Waals surface area contributed by atoms with Crippen LogP contribution in [-0.2, 0) is 0 Å². The minimum Gasteiger partial charge on any atom is -0.302 e. The largest absolute Gasteiger partial charge is 0.302 e. The van der Waals surface area contributed by atoms with Crippen LogP contribution < -0.4 is 5.32 Å². The summed E-state index contributed by atoms with van der Waals surface area (Å²) in [6.07, 6.45) is 2.89. The van der Waals surface area contributed by atoms with E-state index in [4.69, 9.17) is 0 Å². The topological polar surface area (TPSA) is 24.9 Å². The van der Waals surface area contributed by atoms with E-state index in [9.17, 15) is 0 Å². The van der Waals surface area contributed by atoms with Gasteiger partial charge in [0, 0.05) is 22.8 Å². The fourth-order valence-electron chi connectivity index (χ4n) is 2.19. The summed E-state index contributed by atoms with van der Waals surface area (Å²) in [5, 5.41) is 3.64. The molecule has 2 atom stereocenters. The van der Waals surface area contributed by atoms with Crippen molar-refractivity contribution in [1.82, 2.24) is 10.3 Å². The van der Waals surface area contributed by atoms with Gasteiger partial charge in [-0.25, -0.2) is 0 Å². The molecule has 2 unspecified atom stereocenters. The fourth-order valence-corrected chi connectivity index (χ4v) is 2.61. The normalized spacial score (nSPS) is 14.1. The van der Waals surface area contributed by atoms with Crippen LogP contribution in [0.15, 0.2) is 53.1 Å². The summed E-state index contributed by atoms with van der Waals surface area (Å²) in [4.78, 5) is 4.41. The van der Waals surface area contributed by atoms with Crippen molar-refractivity contribution in [2.75, 3.05) is 0 Å². The van der Waals surface area contributed by atoms with Gasteiger partial charge in [-0.2, -0.15) is 0 Å². The number of hydrogen-bond acceptors (Lipinski definition) is 2. The molecule has 100 valence electrons. The number of nitrogens with zero attached hydrogens (tertiary/aromatic N) is 1. The summed E-state index contributed by atoms with van der Waals surface area (Å²) in [5.74, 6) is 0. The molecule has 2 nitrogen and oxygen atoms in total. The summed E-state index contributed by atoms with van der Waals surface area (Å²) in [5.41, 5.74) is 2.38. The van der Waals surface area contributed by atoms with Crippen LogP contribution in [0.3, 0.4) is 0 Å². The lowest BCUT2D eigenvalue weighted by molar-refractivity contribution is 0.450. The molecule has 1 aromatic heterocycles. The maximum Gasteiger partial charge on any atom is 0.0570 e. The van der Waals surface area contributed by atoms with Crippen molar-refractivity contribution in [3.63, 3.8) is 0 Å². The molecular formula is C16H19BrN2. The van der Waals surface area contributed by atoms with E-state index in [-0.39, 0.29) is 6.04 Å². The standard InChI is InChI=1S/C16H19BrN2/c1-3-15(13-7-6-8-14(17)11-13)19-12(2)16-9-4-5-10-18-16/h4-12,15,19H,3H2,1-2H3. The lowest BCUT2D eigenvalue weighted by Crippen LogP contribution is -2.24. The van der Waals surface area contributed by atoms with E-state index < -0.39 is 0 Å². The van der Waals surface area contributed by atoms with Gasteiger partial charge in [-0.05, 0) is 43.2 Å². The number of halogens is 1. The number of rotatable bonds is 5. The van der Waals surface area contributed by atoms with Gasteiger partial charge in [-0.15, -0.1) is 0 Å². The SMILES string of the molecule is CCC(NC(C)c1ccccn1)c1cccc(Br)c1. The quantitative estimate of drug-likeness (QED) is 0.868. The molecule has 0 saturated carbocycles. The van der Waals surface area contributed by atoms with Crippen LogP contribution in [0.1, 0.15) is 43.6 Å². The number of hydrogen-bond donors (Lipinski definition) is 1. The van der Waals surface area contributed by atoms with Gasteiger partial charge >= 0.3 is 0 Å². The third-order valence-corrected chi connectivity index (χ3v) is 3.74. The van der Waals surface area contributed by atoms with Gasteiger partial charge in [0.15, 0.2) is 0 Å². The van der Waals surface area contributed by atoms with Crippen molar-refractivity contribution < 1.29 is 0 Å². The van der Waals surface area contributed by atoms with Crippen molar-refractivity contribution in [2.45, 2.75) is 32.4 Å². The lowest BCUT2D eigenvalue weighted by atomic mass is 10.0. The van der Waals surface area contributed by atoms with Crippen molar-refractivity contribution in [3.8, 4) is 0 Å². The zero-order valence-corrected chi connectivity index (χ0v) is 12.9. The summed E-state index contributed by atoms with van der Waals surface area (Å²) in [7, 11) is 0. The highest BCUT2D eigenvalue weighted by Crippen LogP contribution is 2.23. The van der Waals surface area contributed by atoms with E-state index in [0.29, 0.717) is 6.04 Å². The van der Waals surface area contributed by atoms with E-state index in [1.54, 1.807) is 0 Å². The first-order chi connectivity index (χ1) is 9.20. The molecule has 0 amide bonds. The van der Waals surface area contributed by atoms with Crippen LogP contribution in [-0.4, -0.2) is 4.98 Å². The second kappa shape index (κ2) is 6.83. The highest BCUT2D eigenvalue weighted by atomic mass is 79.9. The number of aromatic nitrogens is 1. The Morgan fingerprint density at radius 2 is 2.05 bits per heavy atom. The number of nitrogens with one attached hydrogen (secondary N) is 1. The van der Waals surface area contributed by atoms with Gasteiger partial charge in [0.25, 0.3) is 0 Å².